The van der Waals surface area contributed by atoms with Crippen LogP contribution in [-0.4, -0.2) is 4.99 Å². The molecule has 0 aliphatic carbocycles. The van der Waals surface area contributed by atoms with E-state index in [0.29, 0.717) is 4.99 Å². The molecular formula is C16H18N2S. The monoisotopic (exact) mass is 270 g/mol. The Kier molecular flexibility index (Phi) is 3.86. The van der Waals surface area contributed by atoms with Crippen molar-refractivity contribution in [2.24, 2.45) is 5.73 Å². The first-order chi connectivity index (χ1) is 8.99. The molecule has 0 bridgehead atoms. The highest BCUT2D eigenvalue weighted by atomic mass is 32.1. The van der Waals surface area contributed by atoms with E-state index in [0.717, 1.165) is 16.9 Å². The molecule has 3 heteroatoms. The number of aryl methyl sites for hydroxylation is 3. The van der Waals surface area contributed by atoms with E-state index in [1.807, 2.05) is 24.3 Å². The van der Waals surface area contributed by atoms with E-state index in [1.54, 1.807) is 0 Å². The third-order valence-electron chi connectivity index (χ3n) is 3.13. The Hall–Kier alpha value is -1.87. The van der Waals surface area contributed by atoms with E-state index < -0.39 is 0 Å². The number of nitrogens with two attached hydrogens (primary N) is 1. The Bertz CT molecular complexity index is 609. The summed E-state index contributed by atoms with van der Waals surface area (Å²) in [6.07, 6.45) is 0. The van der Waals surface area contributed by atoms with E-state index in [4.69, 9.17) is 18.0 Å². The molecule has 0 atom stereocenters. The van der Waals surface area contributed by atoms with Gasteiger partial charge in [0.1, 0.15) is 4.99 Å². The SMILES string of the molecule is Cc1cc(C)c(Nc2ccccc2C(N)=S)c(C)c1. The second-order valence-electron chi connectivity index (χ2n) is 4.81. The number of anilines is 2. The van der Waals surface area contributed by atoms with Gasteiger partial charge in [0.15, 0.2) is 0 Å². The fourth-order valence-electron chi connectivity index (χ4n) is 2.32. The minimum Gasteiger partial charge on any atom is -0.389 e. The minimum atomic E-state index is 0.408. The van der Waals surface area contributed by atoms with Gasteiger partial charge in [0.05, 0.1) is 0 Å². The molecule has 3 N–H and O–H groups in total. The van der Waals surface area contributed by atoms with E-state index in [9.17, 15) is 0 Å². The van der Waals surface area contributed by atoms with Crippen LogP contribution in [0, 0.1) is 20.8 Å². The van der Waals surface area contributed by atoms with Crippen molar-refractivity contribution in [3.05, 3.63) is 58.7 Å². The summed E-state index contributed by atoms with van der Waals surface area (Å²) in [5.41, 5.74) is 12.4. The van der Waals surface area contributed by atoms with Gasteiger partial charge in [0, 0.05) is 16.9 Å². The molecule has 0 saturated heterocycles. The number of benzene rings is 2. The number of nitrogens with one attached hydrogen (secondary N) is 1. The van der Waals surface area contributed by atoms with Crippen LogP contribution in [0.2, 0.25) is 0 Å². The molecule has 98 valence electrons. The molecule has 0 aliphatic rings. The second-order valence-corrected chi connectivity index (χ2v) is 5.25. The van der Waals surface area contributed by atoms with Gasteiger partial charge in [-0.3, -0.25) is 0 Å². The smallest absolute Gasteiger partial charge is 0.106 e. The summed E-state index contributed by atoms with van der Waals surface area (Å²) in [5.74, 6) is 0. The fraction of sp³-hybridized carbons (Fsp3) is 0.188. The predicted molar refractivity (Wildman–Crippen MR) is 86.3 cm³/mol. The summed E-state index contributed by atoms with van der Waals surface area (Å²) in [6.45, 7) is 6.31. The van der Waals surface area contributed by atoms with Crippen molar-refractivity contribution in [1.82, 2.24) is 0 Å². The molecular weight excluding hydrogens is 252 g/mol. The van der Waals surface area contributed by atoms with Gasteiger partial charge in [0.2, 0.25) is 0 Å². The largest absolute Gasteiger partial charge is 0.389 e. The van der Waals surface area contributed by atoms with Crippen LogP contribution < -0.4 is 11.1 Å². The van der Waals surface area contributed by atoms with Crippen molar-refractivity contribution in [2.45, 2.75) is 20.8 Å². The molecule has 0 saturated carbocycles. The topological polar surface area (TPSA) is 38.0 Å². The van der Waals surface area contributed by atoms with Crippen LogP contribution in [-0.2, 0) is 0 Å². The number of hydrogen-bond acceptors (Lipinski definition) is 2. The zero-order valence-corrected chi connectivity index (χ0v) is 12.3. The zero-order chi connectivity index (χ0) is 14.0. The highest BCUT2D eigenvalue weighted by Gasteiger charge is 2.08. The molecule has 0 amide bonds. The molecule has 2 rings (SSSR count). The van der Waals surface area contributed by atoms with Crippen LogP contribution >= 0.6 is 12.2 Å². The molecule has 0 radical (unpaired) electrons. The van der Waals surface area contributed by atoms with E-state index in [2.05, 4.69) is 38.2 Å². The lowest BCUT2D eigenvalue weighted by Gasteiger charge is -2.16. The number of hydrogen-bond donors (Lipinski definition) is 2. The van der Waals surface area contributed by atoms with Gasteiger partial charge in [-0.1, -0.05) is 42.0 Å². The molecule has 0 unspecified atom stereocenters. The normalized spacial score (nSPS) is 10.3. The molecule has 19 heavy (non-hydrogen) atoms. The molecule has 0 fully saturated rings. The number of thiocarbonyl (C=S) groups is 1. The van der Waals surface area contributed by atoms with Gasteiger partial charge in [-0.15, -0.1) is 0 Å². The quantitative estimate of drug-likeness (QED) is 0.828. The summed E-state index contributed by atoms with van der Waals surface area (Å²) >= 11 is 5.09. The first kappa shape index (κ1) is 13.6. The molecule has 2 nitrogen and oxygen atoms in total. The highest BCUT2D eigenvalue weighted by Crippen LogP contribution is 2.27. The van der Waals surface area contributed by atoms with Crippen molar-refractivity contribution in [3.8, 4) is 0 Å². The van der Waals surface area contributed by atoms with Crippen LogP contribution in [0.25, 0.3) is 0 Å². The zero-order valence-electron chi connectivity index (χ0n) is 11.4. The van der Waals surface area contributed by atoms with Crippen molar-refractivity contribution >= 4 is 28.6 Å². The Morgan fingerprint density at radius 2 is 1.63 bits per heavy atom. The lowest BCUT2D eigenvalue weighted by Crippen LogP contribution is -2.12. The first-order valence-corrected chi connectivity index (χ1v) is 6.63. The molecule has 0 spiro atoms. The lowest BCUT2D eigenvalue weighted by atomic mass is 10.0. The van der Waals surface area contributed by atoms with E-state index >= 15 is 0 Å². The molecule has 2 aromatic rings. The molecule has 2 aromatic carbocycles. The maximum atomic E-state index is 5.76. The Morgan fingerprint density at radius 1 is 1.05 bits per heavy atom. The predicted octanol–water partition coefficient (Wildman–Crippen LogP) is 3.99. The average Bonchev–Trinajstić information content (AvgIpc) is 2.34. The maximum Gasteiger partial charge on any atom is 0.106 e. The van der Waals surface area contributed by atoms with Crippen LogP contribution in [0.1, 0.15) is 22.3 Å². The maximum absolute atomic E-state index is 5.76. The van der Waals surface area contributed by atoms with Crippen LogP contribution in [0.4, 0.5) is 11.4 Å². The minimum absolute atomic E-state index is 0.408. The average molecular weight is 270 g/mol. The summed E-state index contributed by atoms with van der Waals surface area (Å²) in [6, 6.07) is 12.2. The van der Waals surface area contributed by atoms with Crippen LogP contribution in [0.3, 0.4) is 0 Å². The van der Waals surface area contributed by atoms with Gasteiger partial charge < -0.3 is 11.1 Å². The lowest BCUT2D eigenvalue weighted by molar-refractivity contribution is 1.31. The standard InChI is InChI=1S/C16H18N2S/c1-10-8-11(2)15(12(3)9-10)18-14-7-5-4-6-13(14)16(17)19/h4-9,18H,1-3H3,(H2,17,19). The summed E-state index contributed by atoms with van der Waals surface area (Å²) in [4.78, 5) is 0.408. The number of rotatable bonds is 3. The van der Waals surface area contributed by atoms with Gasteiger partial charge in [-0.2, -0.15) is 0 Å². The molecule has 0 aromatic heterocycles. The Balaban J connectivity index is 2.45. The summed E-state index contributed by atoms with van der Waals surface area (Å²) in [5, 5.41) is 3.45. The van der Waals surface area contributed by atoms with Crippen LogP contribution in [0.15, 0.2) is 36.4 Å². The highest BCUT2D eigenvalue weighted by molar-refractivity contribution is 7.80. The van der Waals surface area contributed by atoms with Gasteiger partial charge in [-0.05, 0) is 44.0 Å². The second kappa shape index (κ2) is 5.41. The van der Waals surface area contributed by atoms with Crippen molar-refractivity contribution in [2.75, 3.05) is 5.32 Å². The first-order valence-electron chi connectivity index (χ1n) is 6.22. The van der Waals surface area contributed by atoms with Gasteiger partial charge in [0.25, 0.3) is 0 Å². The van der Waals surface area contributed by atoms with Crippen molar-refractivity contribution < 1.29 is 0 Å². The van der Waals surface area contributed by atoms with Gasteiger partial charge >= 0.3 is 0 Å². The van der Waals surface area contributed by atoms with E-state index in [1.165, 1.54) is 16.7 Å². The summed E-state index contributed by atoms with van der Waals surface area (Å²) in [7, 11) is 0. The Morgan fingerprint density at radius 3 is 2.21 bits per heavy atom. The Labute approximate surface area is 119 Å². The van der Waals surface area contributed by atoms with Crippen molar-refractivity contribution in [3.63, 3.8) is 0 Å². The third-order valence-corrected chi connectivity index (χ3v) is 3.35. The third kappa shape index (κ3) is 2.93. The molecule has 0 heterocycles. The summed E-state index contributed by atoms with van der Waals surface area (Å²) < 4.78 is 0. The van der Waals surface area contributed by atoms with Gasteiger partial charge in [-0.25, -0.2) is 0 Å². The van der Waals surface area contributed by atoms with Crippen LogP contribution in [0.5, 0.6) is 0 Å². The van der Waals surface area contributed by atoms with Crippen molar-refractivity contribution in [1.29, 1.82) is 0 Å². The van der Waals surface area contributed by atoms with E-state index in [-0.39, 0.29) is 0 Å². The molecule has 0 aliphatic heterocycles. The fourth-order valence-corrected chi connectivity index (χ4v) is 2.50. The number of para-hydroxylation sites is 1.